The second kappa shape index (κ2) is 12.6. The molecule has 2 N–H and O–H groups in total. The minimum Gasteiger partial charge on any atom is -0.539 e. The third-order valence-corrected chi connectivity index (χ3v) is 1.66. The van der Waals surface area contributed by atoms with Crippen molar-refractivity contribution in [1.82, 2.24) is 10.2 Å². The molecule has 112 valence electrons. The van der Waals surface area contributed by atoms with Gasteiger partial charge in [-0.3, -0.25) is 0 Å². The first-order valence-corrected chi connectivity index (χ1v) is 5.80. The number of amides is 1. The average Bonchev–Trinajstić information content (AvgIpc) is 2.32. The van der Waals surface area contributed by atoms with E-state index in [2.05, 4.69) is 10.2 Å². The molecular formula is C11H22N2O6. The molecule has 0 bridgehead atoms. The topological polar surface area (TPSA) is 119 Å². The highest BCUT2D eigenvalue weighted by Crippen LogP contribution is 1.84. The lowest BCUT2D eigenvalue weighted by atomic mass is 10.4. The first kappa shape index (κ1) is 19.5. The van der Waals surface area contributed by atoms with Crippen LogP contribution in [0.3, 0.4) is 0 Å². The van der Waals surface area contributed by atoms with Gasteiger partial charge in [-0.25, -0.2) is 9.59 Å². The largest absolute Gasteiger partial charge is 1.00 e. The smallest absolute Gasteiger partial charge is 0.539 e. The van der Waals surface area contributed by atoms with E-state index in [9.17, 15) is 4.79 Å². The Morgan fingerprint density at radius 2 is 1.89 bits per heavy atom. The van der Waals surface area contributed by atoms with Crippen molar-refractivity contribution in [2.75, 3.05) is 33.8 Å². The second-order valence-corrected chi connectivity index (χ2v) is 3.81. The van der Waals surface area contributed by atoms with Crippen LogP contribution in [0.25, 0.3) is 0 Å². The lowest BCUT2D eigenvalue weighted by Crippen LogP contribution is -2.30. The van der Waals surface area contributed by atoms with Crippen LogP contribution in [0.2, 0.25) is 0 Å². The van der Waals surface area contributed by atoms with Crippen molar-refractivity contribution in [2.45, 2.75) is 19.8 Å². The molecule has 0 saturated carbocycles. The number of alkyl carbamates (subject to hydrolysis) is 1. The number of carboxylic acids is 2. The Hall–Kier alpha value is -1.83. The van der Waals surface area contributed by atoms with E-state index in [1.54, 1.807) is 0 Å². The molecule has 19 heavy (non-hydrogen) atoms. The molecule has 0 fully saturated rings. The number of rotatable bonds is 6. The van der Waals surface area contributed by atoms with Crippen LogP contribution in [0.4, 0.5) is 4.79 Å². The lowest BCUT2D eigenvalue weighted by molar-refractivity contribution is -0.303. The zero-order chi connectivity index (χ0) is 15.3. The fourth-order valence-electron chi connectivity index (χ4n) is 0.832. The zero-order valence-electron chi connectivity index (χ0n) is 12.5. The zero-order valence-corrected chi connectivity index (χ0v) is 11.5. The Kier molecular flexibility index (Phi) is 13.0. The van der Waals surface area contributed by atoms with Crippen LogP contribution in [0, 0.1) is 0 Å². The van der Waals surface area contributed by atoms with E-state index in [1.165, 1.54) is 0 Å². The van der Waals surface area contributed by atoms with E-state index in [0.717, 1.165) is 19.4 Å². The highest BCUT2D eigenvalue weighted by atomic mass is 16.5. The highest BCUT2D eigenvalue weighted by Gasteiger charge is 1.99. The van der Waals surface area contributed by atoms with E-state index in [-0.39, 0.29) is 7.52 Å². The number of ether oxygens (including phenoxy) is 1. The van der Waals surface area contributed by atoms with Gasteiger partial charge in [-0.1, -0.05) is 6.92 Å². The molecule has 0 aromatic heterocycles. The summed E-state index contributed by atoms with van der Waals surface area (Å²) in [6.07, 6.45) is 1.51. The van der Waals surface area contributed by atoms with E-state index in [4.69, 9.17) is 24.5 Å². The summed E-state index contributed by atoms with van der Waals surface area (Å²) in [7, 11) is 4.02. The van der Waals surface area contributed by atoms with Gasteiger partial charge in [0.15, 0.2) is 5.97 Å². The maximum atomic E-state index is 10.9. The summed E-state index contributed by atoms with van der Waals surface area (Å²) < 4.78 is 4.83. The Morgan fingerprint density at radius 1 is 1.37 bits per heavy atom. The van der Waals surface area contributed by atoms with E-state index in [1.807, 2.05) is 21.0 Å². The molecule has 0 aliphatic heterocycles. The summed E-state index contributed by atoms with van der Waals surface area (Å²) in [6.45, 7) is 4.13. The summed E-state index contributed by atoms with van der Waals surface area (Å²) in [5, 5.41) is 19.0. The number of carbonyl (C=O) groups excluding carboxylic acids is 2. The summed E-state index contributed by atoms with van der Waals surface area (Å²) >= 11 is 0. The number of hydrogen-bond acceptors (Lipinski definition) is 6. The molecule has 0 atom stereocenters. The lowest BCUT2D eigenvalue weighted by Gasteiger charge is -2.09. The van der Waals surface area contributed by atoms with Gasteiger partial charge in [-0.15, -0.1) is 0 Å². The standard InChI is InChI=1S/C9H20N2O2.C2H2O4/c1-4-8-13-9(12)10-6-5-7-11(2)3;3-1(4)2(5)6/h4-8H2,1-3H3,(H,10,12);(H,3,4)(H,5,6). The van der Waals surface area contributed by atoms with E-state index < -0.39 is 11.9 Å². The molecule has 0 aromatic carbocycles. The monoisotopic (exact) mass is 278 g/mol. The summed E-state index contributed by atoms with van der Waals surface area (Å²) in [5.41, 5.74) is 0. The molecule has 0 unspecified atom stereocenters. The number of nitrogens with zero attached hydrogens (tertiary/aromatic N) is 1. The first-order valence-electron chi connectivity index (χ1n) is 5.80. The van der Waals surface area contributed by atoms with Gasteiger partial charge in [0, 0.05) is 6.54 Å². The molecule has 8 heteroatoms. The first-order chi connectivity index (χ1) is 8.81. The minimum atomic E-state index is -2.07. The number of carboxylic acid groups (broad SMARTS) is 2. The van der Waals surface area contributed by atoms with Crippen molar-refractivity contribution in [2.24, 2.45) is 0 Å². The van der Waals surface area contributed by atoms with Gasteiger partial charge in [0.2, 0.25) is 0 Å². The molecule has 8 nitrogen and oxygen atoms in total. The Bertz CT molecular complexity index is 274. The molecule has 0 spiro atoms. The Balaban J connectivity index is -0.000000352. The second-order valence-electron chi connectivity index (χ2n) is 3.81. The third kappa shape index (κ3) is 18.7. The van der Waals surface area contributed by atoms with E-state index in [0.29, 0.717) is 13.2 Å². The van der Waals surface area contributed by atoms with Crippen molar-refractivity contribution < 1.29 is 30.8 Å². The van der Waals surface area contributed by atoms with Crippen LogP contribution in [-0.4, -0.2) is 61.8 Å². The fraction of sp³-hybridized carbons (Fsp3) is 0.727. The maximum absolute atomic E-state index is 10.9. The minimum absolute atomic E-state index is 0. The summed E-state index contributed by atoms with van der Waals surface area (Å²) in [5.74, 6) is -4.01. The molecule has 0 aliphatic carbocycles. The predicted molar refractivity (Wildman–Crippen MR) is 66.6 cm³/mol. The van der Waals surface area contributed by atoms with Crippen molar-refractivity contribution in [1.29, 1.82) is 0 Å². The molecule has 0 radical (unpaired) electrons. The Morgan fingerprint density at radius 3 is 2.26 bits per heavy atom. The van der Waals surface area contributed by atoms with Crippen molar-refractivity contribution in [3.8, 4) is 0 Å². The van der Waals surface area contributed by atoms with Crippen LogP contribution >= 0.6 is 0 Å². The average molecular weight is 278 g/mol. The van der Waals surface area contributed by atoms with Crippen LogP contribution < -0.4 is 10.4 Å². The van der Waals surface area contributed by atoms with Gasteiger partial charge >= 0.3 is 13.5 Å². The summed E-state index contributed by atoms with van der Waals surface area (Å²) in [4.78, 5) is 31.0. The van der Waals surface area contributed by atoms with Crippen LogP contribution in [-0.2, 0) is 14.3 Å². The molecule has 1 amide bonds. The van der Waals surface area contributed by atoms with Crippen molar-refractivity contribution in [3.63, 3.8) is 0 Å². The number of carbonyl (C=O) groups is 3. The quantitative estimate of drug-likeness (QED) is 0.472. The van der Waals surface area contributed by atoms with Crippen LogP contribution in [0.5, 0.6) is 0 Å². The van der Waals surface area contributed by atoms with Gasteiger partial charge < -0.3 is 30.0 Å². The van der Waals surface area contributed by atoms with Crippen LogP contribution in [0.1, 0.15) is 21.2 Å². The van der Waals surface area contributed by atoms with Crippen molar-refractivity contribution in [3.05, 3.63) is 0 Å². The summed E-state index contributed by atoms with van der Waals surface area (Å²) in [6, 6.07) is 0. The molecule has 0 aliphatic rings. The molecule has 0 aromatic rings. The molecule has 0 rings (SSSR count). The highest BCUT2D eigenvalue weighted by molar-refractivity contribution is 6.26. The normalized spacial score (nSPS) is 9.26. The van der Waals surface area contributed by atoms with Gasteiger partial charge in [0.05, 0.1) is 6.61 Å². The third-order valence-electron chi connectivity index (χ3n) is 1.66. The van der Waals surface area contributed by atoms with E-state index >= 15 is 0 Å². The Labute approximate surface area is 113 Å². The fourth-order valence-corrected chi connectivity index (χ4v) is 0.832. The molecule has 0 saturated heterocycles. The van der Waals surface area contributed by atoms with Crippen LogP contribution in [0.15, 0.2) is 0 Å². The van der Waals surface area contributed by atoms with Gasteiger partial charge in [-0.2, -0.15) is 0 Å². The maximum Gasteiger partial charge on any atom is 1.00 e. The number of hydrogen-bond donors (Lipinski definition) is 2. The SMILES string of the molecule is CCCOC(=O)NCCCN(C)C.O=C([O-])C(=O)O.[H+]. The predicted octanol–water partition coefficient (Wildman–Crippen LogP) is -0.992. The number of aliphatic carboxylic acids is 2. The van der Waals surface area contributed by atoms with Gasteiger partial charge in [-0.05, 0) is 33.5 Å². The molecule has 0 heterocycles. The van der Waals surface area contributed by atoms with Gasteiger partial charge in [0.25, 0.3) is 0 Å². The van der Waals surface area contributed by atoms with Crippen molar-refractivity contribution >= 4 is 18.0 Å². The van der Waals surface area contributed by atoms with Gasteiger partial charge in [0.1, 0.15) is 0 Å². The number of nitrogens with one attached hydrogen (secondary N) is 1. The molecular weight excluding hydrogens is 256 g/mol.